The average Bonchev–Trinajstić information content (AvgIpc) is 2.74. The van der Waals surface area contributed by atoms with Crippen molar-refractivity contribution in [3.8, 4) is 0 Å². The van der Waals surface area contributed by atoms with Crippen molar-refractivity contribution in [1.29, 1.82) is 0 Å². The van der Waals surface area contributed by atoms with Gasteiger partial charge in [0, 0.05) is 36.4 Å². The van der Waals surface area contributed by atoms with E-state index in [1.54, 1.807) is 12.1 Å². The number of rotatable bonds is 9. The molecule has 0 radical (unpaired) electrons. The molecule has 2 rings (SSSR count). The van der Waals surface area contributed by atoms with Crippen LogP contribution in [0.1, 0.15) is 59.4 Å². The Morgan fingerprint density at radius 3 is 2.62 bits per heavy atom. The van der Waals surface area contributed by atoms with E-state index in [0.717, 1.165) is 17.6 Å². The molecule has 0 saturated heterocycles. The lowest BCUT2D eigenvalue weighted by molar-refractivity contribution is -0.385. The number of aliphatic hydroxyl groups excluding tert-OH is 1. The van der Waals surface area contributed by atoms with Crippen LogP contribution in [0.4, 0.5) is 11.4 Å². The van der Waals surface area contributed by atoms with Gasteiger partial charge in [-0.25, -0.2) is 0 Å². The lowest BCUT2D eigenvalue weighted by Gasteiger charge is -2.32. The minimum Gasteiger partial charge on any atom is -0.396 e. The van der Waals surface area contributed by atoms with Gasteiger partial charge in [0.15, 0.2) is 0 Å². The third-order valence-corrected chi connectivity index (χ3v) is 6.06. The molecule has 6 heteroatoms. The summed E-state index contributed by atoms with van der Waals surface area (Å²) in [5, 5.41) is 23.0. The maximum absolute atomic E-state index is 12.3. The van der Waals surface area contributed by atoms with Gasteiger partial charge in [0.25, 0.3) is 5.69 Å². The number of allylic oxidation sites excluding steroid dienone is 9. The summed E-state index contributed by atoms with van der Waals surface area (Å²) in [6.07, 6.45) is 15.4. The third-order valence-electron chi connectivity index (χ3n) is 6.06. The third kappa shape index (κ3) is 7.96. The quantitative estimate of drug-likeness (QED) is 0.186. The zero-order valence-corrected chi connectivity index (χ0v) is 20.9. The molecule has 182 valence electrons. The molecule has 0 bridgehead atoms. The number of nitro benzene ring substituents is 1. The molecule has 0 aliphatic heterocycles. The Morgan fingerprint density at radius 1 is 1.24 bits per heavy atom. The Kier molecular flexibility index (Phi) is 9.75. The van der Waals surface area contributed by atoms with Gasteiger partial charge >= 0.3 is 0 Å². The van der Waals surface area contributed by atoms with Gasteiger partial charge in [0.1, 0.15) is 0 Å². The lowest BCUT2D eigenvalue weighted by Crippen LogP contribution is -2.19. The normalized spacial score (nSPS) is 17.0. The van der Waals surface area contributed by atoms with Gasteiger partial charge < -0.3 is 10.4 Å². The van der Waals surface area contributed by atoms with Gasteiger partial charge in [-0.3, -0.25) is 14.9 Å². The van der Waals surface area contributed by atoms with Crippen molar-refractivity contribution in [2.24, 2.45) is 5.41 Å². The van der Waals surface area contributed by atoms with Crippen molar-refractivity contribution in [1.82, 2.24) is 0 Å². The van der Waals surface area contributed by atoms with Crippen LogP contribution >= 0.6 is 0 Å². The van der Waals surface area contributed by atoms with Crippen LogP contribution in [0.15, 0.2) is 76.9 Å². The number of carbonyl (C=O) groups excluding carboxylic acids is 1. The Labute approximate surface area is 202 Å². The molecule has 6 nitrogen and oxygen atoms in total. The van der Waals surface area contributed by atoms with Crippen molar-refractivity contribution in [3.05, 3.63) is 92.6 Å². The summed E-state index contributed by atoms with van der Waals surface area (Å²) >= 11 is 0. The van der Waals surface area contributed by atoms with Crippen molar-refractivity contribution in [3.63, 3.8) is 0 Å². The van der Waals surface area contributed by atoms with Crippen LogP contribution in [0.25, 0.3) is 0 Å². The molecule has 1 aromatic carbocycles. The Hall–Kier alpha value is -3.25. The summed E-state index contributed by atoms with van der Waals surface area (Å²) < 4.78 is 0. The van der Waals surface area contributed by atoms with Crippen molar-refractivity contribution in [2.75, 3.05) is 11.9 Å². The Balaban J connectivity index is 2.02. The number of amides is 1. The van der Waals surface area contributed by atoms with Crippen molar-refractivity contribution >= 4 is 17.3 Å². The largest absolute Gasteiger partial charge is 0.396 e. The highest BCUT2D eigenvalue weighted by molar-refractivity contribution is 6.00. The minimum atomic E-state index is -0.513. The summed E-state index contributed by atoms with van der Waals surface area (Å²) in [5.41, 5.74) is 5.61. The number of nitrogens with one attached hydrogen (secondary N) is 1. The molecule has 1 aliphatic carbocycles. The zero-order valence-electron chi connectivity index (χ0n) is 20.9. The predicted molar refractivity (Wildman–Crippen MR) is 139 cm³/mol. The monoisotopic (exact) mass is 464 g/mol. The van der Waals surface area contributed by atoms with Crippen molar-refractivity contribution < 1.29 is 14.8 Å². The number of benzene rings is 1. The molecule has 34 heavy (non-hydrogen) atoms. The number of hydrogen-bond donors (Lipinski definition) is 2. The molecule has 0 heterocycles. The summed E-state index contributed by atoms with van der Waals surface area (Å²) in [4.78, 5) is 23.1. The predicted octanol–water partition coefficient (Wildman–Crippen LogP) is 6.60. The Bertz CT molecular complexity index is 1070. The van der Waals surface area contributed by atoms with Gasteiger partial charge in [-0.2, -0.15) is 0 Å². The lowest BCUT2D eigenvalue weighted by atomic mass is 9.72. The van der Waals surface area contributed by atoms with E-state index < -0.39 is 4.92 Å². The molecule has 0 unspecified atom stereocenters. The van der Waals surface area contributed by atoms with Crippen LogP contribution in [0.3, 0.4) is 0 Å². The van der Waals surface area contributed by atoms with Crippen LogP contribution in [0, 0.1) is 15.5 Å². The van der Waals surface area contributed by atoms with E-state index in [0.29, 0.717) is 11.3 Å². The highest BCUT2D eigenvalue weighted by Crippen LogP contribution is 2.40. The van der Waals surface area contributed by atoms with Crippen LogP contribution in [0.5, 0.6) is 0 Å². The molecule has 2 N–H and O–H groups in total. The average molecular weight is 465 g/mol. The SMILES string of the molecule is CC1=C(/C=C/C(C)=C/C=C/C(C)=C/C(=O)Nc2ccc(CCO)c([N+](=O)[O-])c2)C(C)(C)CCC1. The molecule has 1 amide bonds. The van der Waals surface area contributed by atoms with E-state index in [1.165, 1.54) is 36.1 Å². The highest BCUT2D eigenvalue weighted by Gasteiger charge is 2.26. The maximum Gasteiger partial charge on any atom is 0.274 e. The van der Waals surface area contributed by atoms with Crippen LogP contribution in [-0.4, -0.2) is 22.5 Å². The molecule has 0 atom stereocenters. The van der Waals surface area contributed by atoms with Crippen LogP contribution in [-0.2, 0) is 11.2 Å². The van der Waals surface area contributed by atoms with Gasteiger partial charge in [0.2, 0.25) is 5.91 Å². The topological polar surface area (TPSA) is 92.5 Å². The Morgan fingerprint density at radius 2 is 1.97 bits per heavy atom. The van der Waals surface area contributed by atoms with Crippen molar-refractivity contribution in [2.45, 2.75) is 60.3 Å². The first-order valence-corrected chi connectivity index (χ1v) is 11.6. The molecule has 0 fully saturated rings. The molecule has 0 spiro atoms. The number of nitrogens with zero attached hydrogens (tertiary/aromatic N) is 1. The fourth-order valence-corrected chi connectivity index (χ4v) is 4.21. The second-order valence-corrected chi connectivity index (χ2v) is 9.49. The minimum absolute atomic E-state index is 0.122. The molecule has 1 aliphatic rings. The standard InChI is InChI=1S/C28H36N2O4/c1-20(11-14-25-22(3)10-7-16-28(25,4)5)8-6-9-21(2)18-27(32)29-24-13-12-23(15-17-31)26(19-24)30(33)34/h6,8-9,11-14,18-19,31H,7,10,15-17H2,1-5H3,(H,29,32)/b9-6+,14-11+,20-8+,21-18+. The van der Waals surface area contributed by atoms with Crippen LogP contribution in [0.2, 0.25) is 0 Å². The molecule has 0 saturated carbocycles. The maximum atomic E-state index is 12.3. The molecule has 1 aromatic rings. The molecular formula is C28H36N2O4. The van der Waals surface area contributed by atoms with E-state index in [1.807, 2.05) is 32.1 Å². The number of anilines is 1. The summed E-state index contributed by atoms with van der Waals surface area (Å²) in [6.45, 7) is 10.5. The van der Waals surface area contributed by atoms with E-state index in [-0.39, 0.29) is 30.0 Å². The number of hydrogen-bond acceptors (Lipinski definition) is 4. The number of nitro groups is 1. The van der Waals surface area contributed by atoms with E-state index in [2.05, 4.69) is 38.2 Å². The fraction of sp³-hybridized carbons (Fsp3) is 0.393. The first kappa shape index (κ1) is 27.0. The van der Waals surface area contributed by atoms with E-state index in [4.69, 9.17) is 5.11 Å². The van der Waals surface area contributed by atoms with E-state index in [9.17, 15) is 14.9 Å². The smallest absolute Gasteiger partial charge is 0.274 e. The van der Waals surface area contributed by atoms with Gasteiger partial charge in [-0.1, -0.05) is 61.4 Å². The summed E-state index contributed by atoms with van der Waals surface area (Å²) in [6, 6.07) is 4.46. The molecular weight excluding hydrogens is 428 g/mol. The zero-order chi connectivity index (χ0) is 25.3. The number of aliphatic hydroxyl groups is 1. The summed E-state index contributed by atoms with van der Waals surface area (Å²) in [5.74, 6) is -0.367. The summed E-state index contributed by atoms with van der Waals surface area (Å²) in [7, 11) is 0. The van der Waals surface area contributed by atoms with Gasteiger partial charge in [-0.15, -0.1) is 0 Å². The van der Waals surface area contributed by atoms with Gasteiger partial charge in [-0.05, 0) is 62.7 Å². The second kappa shape index (κ2) is 12.3. The molecule has 0 aromatic heterocycles. The second-order valence-electron chi connectivity index (χ2n) is 9.49. The first-order valence-electron chi connectivity index (χ1n) is 11.6. The highest BCUT2D eigenvalue weighted by atomic mass is 16.6. The van der Waals surface area contributed by atoms with E-state index >= 15 is 0 Å². The number of carbonyl (C=O) groups is 1. The van der Waals surface area contributed by atoms with Crippen LogP contribution < -0.4 is 5.32 Å². The first-order chi connectivity index (χ1) is 16.0. The van der Waals surface area contributed by atoms with Gasteiger partial charge in [0.05, 0.1) is 4.92 Å². The fourth-order valence-electron chi connectivity index (χ4n) is 4.21.